The monoisotopic (exact) mass is 183 g/mol. The van der Waals surface area contributed by atoms with Crippen LogP contribution in [0.2, 0.25) is 0 Å². The summed E-state index contributed by atoms with van der Waals surface area (Å²) in [5, 5.41) is 1.01. The van der Waals surface area contributed by atoms with E-state index in [1.165, 1.54) is 0 Å². The van der Waals surface area contributed by atoms with Gasteiger partial charge in [-0.3, -0.25) is 0 Å². The highest BCUT2D eigenvalue weighted by atomic mass is 28.1. The summed E-state index contributed by atoms with van der Waals surface area (Å²) in [6.07, 6.45) is 3.47. The van der Waals surface area contributed by atoms with Crippen molar-refractivity contribution in [3.8, 4) is 11.4 Å². The molecule has 3 heteroatoms. The summed E-state index contributed by atoms with van der Waals surface area (Å²) >= 11 is 0. The third kappa shape index (κ3) is 1.65. The van der Waals surface area contributed by atoms with Crippen molar-refractivity contribution in [3.05, 3.63) is 42.7 Å². The minimum absolute atomic E-state index is 0.744. The first-order valence-electron chi connectivity index (χ1n) is 3.96. The maximum absolute atomic E-state index is 4.17. The van der Waals surface area contributed by atoms with E-state index in [4.69, 9.17) is 0 Å². The molecule has 1 aromatic carbocycles. The summed E-state index contributed by atoms with van der Waals surface area (Å²) in [4.78, 5) is 8.34. The van der Waals surface area contributed by atoms with Crippen LogP contribution in [-0.2, 0) is 0 Å². The first-order chi connectivity index (χ1) is 6.38. The Labute approximate surface area is 80.1 Å². The van der Waals surface area contributed by atoms with Crippen LogP contribution < -0.4 is 5.19 Å². The van der Waals surface area contributed by atoms with Crippen LogP contribution in [0.15, 0.2) is 42.7 Å². The van der Waals surface area contributed by atoms with Crippen molar-refractivity contribution in [1.29, 1.82) is 0 Å². The third-order valence-corrected chi connectivity index (χ3v) is 2.17. The largest absolute Gasteiger partial charge is 0.237 e. The molecule has 2 nitrogen and oxygen atoms in total. The van der Waals surface area contributed by atoms with Gasteiger partial charge in [0.2, 0.25) is 0 Å². The van der Waals surface area contributed by atoms with Crippen molar-refractivity contribution >= 4 is 15.4 Å². The van der Waals surface area contributed by atoms with Crippen LogP contribution in [0.4, 0.5) is 0 Å². The van der Waals surface area contributed by atoms with E-state index in [0.717, 1.165) is 16.6 Å². The second kappa shape index (κ2) is 3.49. The molecule has 0 saturated heterocycles. The van der Waals surface area contributed by atoms with Crippen molar-refractivity contribution in [1.82, 2.24) is 9.97 Å². The predicted octanol–water partition coefficient (Wildman–Crippen LogP) is 0.937. The average molecular weight is 183 g/mol. The maximum Gasteiger partial charge on any atom is 0.158 e. The van der Waals surface area contributed by atoms with E-state index in [-0.39, 0.29) is 0 Å². The van der Waals surface area contributed by atoms with Gasteiger partial charge >= 0.3 is 0 Å². The molecule has 0 N–H and O–H groups in total. The van der Waals surface area contributed by atoms with Gasteiger partial charge in [-0.1, -0.05) is 29.5 Å². The van der Waals surface area contributed by atoms with Gasteiger partial charge in [0.05, 0.1) is 10.2 Å². The highest BCUT2D eigenvalue weighted by molar-refractivity contribution is 6.35. The number of hydrogen-bond donors (Lipinski definition) is 0. The summed E-state index contributed by atoms with van der Waals surface area (Å²) in [7, 11) is 3.50. The van der Waals surface area contributed by atoms with E-state index >= 15 is 0 Å². The summed E-state index contributed by atoms with van der Waals surface area (Å²) in [6, 6.07) is 9.70. The molecule has 61 valence electrons. The number of aromatic nitrogens is 2. The highest BCUT2D eigenvalue weighted by Crippen LogP contribution is 2.08. The van der Waals surface area contributed by atoms with E-state index < -0.39 is 0 Å². The molecule has 0 aliphatic heterocycles. The van der Waals surface area contributed by atoms with Gasteiger partial charge in [-0.05, 0) is 6.07 Å². The smallest absolute Gasteiger partial charge is 0.158 e. The van der Waals surface area contributed by atoms with Gasteiger partial charge in [0.1, 0.15) is 0 Å². The fraction of sp³-hybridized carbons (Fsp3) is 0. The Morgan fingerprint density at radius 3 is 2.31 bits per heavy atom. The van der Waals surface area contributed by atoms with E-state index in [0.29, 0.717) is 0 Å². The zero-order valence-corrected chi connectivity index (χ0v) is 7.94. The zero-order valence-electron chi connectivity index (χ0n) is 6.94. The Balaban J connectivity index is 2.54. The van der Waals surface area contributed by atoms with E-state index in [1.807, 2.05) is 24.3 Å². The van der Waals surface area contributed by atoms with Crippen LogP contribution in [0, 0.1) is 0 Å². The summed E-state index contributed by atoms with van der Waals surface area (Å²) < 4.78 is 0. The van der Waals surface area contributed by atoms with Crippen molar-refractivity contribution in [2.75, 3.05) is 0 Å². The number of hydrogen-bond acceptors (Lipinski definition) is 2. The van der Waals surface area contributed by atoms with E-state index in [9.17, 15) is 0 Å². The summed E-state index contributed by atoms with van der Waals surface area (Å²) in [5.74, 6) is 0.744. The van der Waals surface area contributed by atoms with Gasteiger partial charge < -0.3 is 0 Å². The van der Waals surface area contributed by atoms with Crippen molar-refractivity contribution < 1.29 is 0 Å². The van der Waals surface area contributed by atoms with Gasteiger partial charge in [0, 0.05) is 18.0 Å². The summed E-state index contributed by atoms with van der Waals surface area (Å²) in [5.41, 5.74) is 1.01. The normalized spacial score (nSPS) is 9.92. The maximum atomic E-state index is 4.17. The number of benzene rings is 1. The molecule has 0 amide bonds. The number of nitrogens with zero attached hydrogens (tertiary/aromatic N) is 2. The predicted molar refractivity (Wildman–Crippen MR) is 52.9 cm³/mol. The van der Waals surface area contributed by atoms with Gasteiger partial charge in [0.25, 0.3) is 0 Å². The quantitative estimate of drug-likeness (QED) is 0.615. The molecular weight excluding hydrogens is 176 g/mol. The second-order valence-corrected chi connectivity index (χ2v) is 3.16. The first kappa shape index (κ1) is 8.13. The Bertz CT molecular complexity index is 401. The molecule has 3 radical (unpaired) electrons. The lowest BCUT2D eigenvalue weighted by molar-refractivity contribution is 1.18. The van der Waals surface area contributed by atoms with Gasteiger partial charge in [-0.15, -0.1) is 0 Å². The topological polar surface area (TPSA) is 25.8 Å². The minimum atomic E-state index is 0.744. The van der Waals surface area contributed by atoms with Crippen LogP contribution in [0.1, 0.15) is 0 Å². The molecule has 0 aliphatic carbocycles. The Kier molecular flexibility index (Phi) is 2.18. The van der Waals surface area contributed by atoms with Crippen LogP contribution in [0.5, 0.6) is 0 Å². The molecule has 0 unspecified atom stereocenters. The molecule has 0 bridgehead atoms. The molecule has 0 atom stereocenters. The van der Waals surface area contributed by atoms with Crippen LogP contribution >= 0.6 is 0 Å². The molecule has 0 aliphatic rings. The second-order valence-electron chi connectivity index (χ2n) is 2.62. The molecule has 1 aromatic heterocycles. The molecule has 0 spiro atoms. The first-order valence-corrected chi connectivity index (χ1v) is 4.46. The van der Waals surface area contributed by atoms with Crippen molar-refractivity contribution in [3.63, 3.8) is 0 Å². The molecule has 2 rings (SSSR count). The Morgan fingerprint density at radius 2 is 1.62 bits per heavy atom. The van der Waals surface area contributed by atoms with Crippen molar-refractivity contribution in [2.45, 2.75) is 0 Å². The highest BCUT2D eigenvalue weighted by Gasteiger charge is 2.01. The number of rotatable bonds is 1. The van der Waals surface area contributed by atoms with Crippen LogP contribution in [0.3, 0.4) is 0 Å². The van der Waals surface area contributed by atoms with Gasteiger partial charge in [-0.2, -0.15) is 0 Å². The minimum Gasteiger partial charge on any atom is -0.237 e. The lowest BCUT2D eigenvalue weighted by Gasteiger charge is -2.01. The molecule has 0 fully saturated rings. The SMILES string of the molecule is [Si]c1ccccc1-c1ncccn1. The molecular formula is C10H7N2Si. The molecule has 1 heterocycles. The fourth-order valence-corrected chi connectivity index (χ4v) is 1.41. The fourth-order valence-electron chi connectivity index (χ4n) is 1.12. The average Bonchev–Trinajstić information content (AvgIpc) is 2.20. The Morgan fingerprint density at radius 1 is 0.923 bits per heavy atom. The third-order valence-electron chi connectivity index (χ3n) is 1.73. The van der Waals surface area contributed by atoms with E-state index in [1.54, 1.807) is 18.5 Å². The van der Waals surface area contributed by atoms with Crippen LogP contribution in [-0.4, -0.2) is 20.2 Å². The standard InChI is InChI=1S/C10H7N2Si/c13-9-5-2-1-4-8(9)10-11-6-3-7-12-10/h1-7H. The van der Waals surface area contributed by atoms with Crippen molar-refractivity contribution in [2.24, 2.45) is 0 Å². The molecule has 2 aromatic rings. The summed E-state index contributed by atoms with van der Waals surface area (Å²) in [6.45, 7) is 0. The zero-order chi connectivity index (χ0) is 9.10. The lowest BCUT2D eigenvalue weighted by atomic mass is 10.2. The molecule has 0 saturated carbocycles. The Hall–Kier alpha value is -1.48. The van der Waals surface area contributed by atoms with Gasteiger partial charge in [-0.25, -0.2) is 9.97 Å². The van der Waals surface area contributed by atoms with Crippen LogP contribution in [0.25, 0.3) is 11.4 Å². The lowest BCUT2D eigenvalue weighted by Crippen LogP contribution is -2.07. The van der Waals surface area contributed by atoms with E-state index in [2.05, 4.69) is 20.2 Å². The van der Waals surface area contributed by atoms with Gasteiger partial charge in [0.15, 0.2) is 5.82 Å². The molecule has 13 heavy (non-hydrogen) atoms.